The molecule has 1 atom stereocenters. The zero-order valence-corrected chi connectivity index (χ0v) is 11.2. The lowest BCUT2D eigenvalue weighted by molar-refractivity contribution is -0.138. The predicted molar refractivity (Wildman–Crippen MR) is 69.5 cm³/mol. The van der Waals surface area contributed by atoms with Gasteiger partial charge in [-0.1, -0.05) is 13.3 Å². The normalized spacial score (nSPS) is 11.9. The van der Waals surface area contributed by atoms with E-state index in [1.165, 1.54) is 0 Å². The molecule has 7 heteroatoms. The molecule has 1 rings (SSSR count). The van der Waals surface area contributed by atoms with E-state index in [2.05, 4.69) is 15.6 Å². The van der Waals surface area contributed by atoms with Crippen molar-refractivity contribution in [2.45, 2.75) is 26.3 Å². The SMILES string of the molecule is CCC(CNC(=O)NCc1nccn1C)CC(=O)O. The second-order valence-electron chi connectivity index (χ2n) is 4.39. The van der Waals surface area contributed by atoms with E-state index in [0.717, 1.165) is 5.82 Å². The Hall–Kier alpha value is -2.05. The fraction of sp³-hybridized carbons (Fsp3) is 0.583. The summed E-state index contributed by atoms with van der Waals surface area (Å²) in [6.07, 6.45) is 4.24. The minimum absolute atomic E-state index is 0.0450. The van der Waals surface area contributed by atoms with E-state index in [4.69, 9.17) is 5.11 Å². The van der Waals surface area contributed by atoms with E-state index in [1.54, 1.807) is 12.4 Å². The molecule has 1 aromatic heterocycles. The number of carboxylic acids is 1. The minimum atomic E-state index is -0.845. The molecule has 0 spiro atoms. The van der Waals surface area contributed by atoms with Crippen molar-refractivity contribution >= 4 is 12.0 Å². The van der Waals surface area contributed by atoms with Gasteiger partial charge in [-0.25, -0.2) is 9.78 Å². The smallest absolute Gasteiger partial charge is 0.315 e. The Balaban J connectivity index is 2.27. The van der Waals surface area contributed by atoms with Gasteiger partial charge < -0.3 is 20.3 Å². The molecule has 106 valence electrons. The first-order valence-corrected chi connectivity index (χ1v) is 6.22. The number of amides is 2. The molecule has 0 aliphatic carbocycles. The third-order valence-corrected chi connectivity index (χ3v) is 2.92. The average molecular weight is 268 g/mol. The number of rotatable bonds is 7. The van der Waals surface area contributed by atoms with Crippen LogP contribution in [0.15, 0.2) is 12.4 Å². The molecule has 1 unspecified atom stereocenters. The lowest BCUT2D eigenvalue weighted by Gasteiger charge is -2.13. The van der Waals surface area contributed by atoms with Crippen LogP contribution in [0.25, 0.3) is 0 Å². The summed E-state index contributed by atoms with van der Waals surface area (Å²) in [5.74, 6) is -0.133. The van der Waals surface area contributed by atoms with Gasteiger partial charge in [0.05, 0.1) is 6.54 Å². The van der Waals surface area contributed by atoms with Gasteiger partial charge in [0.25, 0.3) is 0 Å². The molecule has 1 aromatic rings. The Labute approximate surface area is 112 Å². The van der Waals surface area contributed by atoms with Crippen molar-refractivity contribution in [3.63, 3.8) is 0 Å². The summed E-state index contributed by atoms with van der Waals surface area (Å²) in [6, 6.07) is -0.313. The lowest BCUT2D eigenvalue weighted by atomic mass is 10.0. The third kappa shape index (κ3) is 5.41. The summed E-state index contributed by atoms with van der Waals surface area (Å²) in [5, 5.41) is 14.0. The lowest BCUT2D eigenvalue weighted by Crippen LogP contribution is -2.38. The van der Waals surface area contributed by atoms with Crippen molar-refractivity contribution < 1.29 is 14.7 Å². The highest BCUT2D eigenvalue weighted by Gasteiger charge is 2.12. The summed E-state index contributed by atoms with van der Waals surface area (Å²) in [4.78, 5) is 26.2. The highest BCUT2D eigenvalue weighted by Crippen LogP contribution is 2.06. The summed E-state index contributed by atoms with van der Waals surface area (Å²) in [5.41, 5.74) is 0. The van der Waals surface area contributed by atoms with Crippen LogP contribution >= 0.6 is 0 Å². The number of carbonyl (C=O) groups excluding carboxylic acids is 1. The highest BCUT2D eigenvalue weighted by molar-refractivity contribution is 5.73. The van der Waals surface area contributed by atoms with Gasteiger partial charge in [0.2, 0.25) is 0 Å². The summed E-state index contributed by atoms with van der Waals surface area (Å²) in [6.45, 7) is 2.60. The minimum Gasteiger partial charge on any atom is -0.481 e. The number of carbonyl (C=O) groups is 2. The first-order valence-electron chi connectivity index (χ1n) is 6.22. The summed E-state index contributed by atoms with van der Waals surface area (Å²) in [7, 11) is 1.85. The number of nitrogens with one attached hydrogen (secondary N) is 2. The van der Waals surface area contributed by atoms with Crippen LogP contribution in [0.4, 0.5) is 4.79 Å². The van der Waals surface area contributed by atoms with Gasteiger partial charge in [0.1, 0.15) is 5.82 Å². The monoisotopic (exact) mass is 268 g/mol. The molecule has 7 nitrogen and oxygen atoms in total. The van der Waals surface area contributed by atoms with Crippen LogP contribution in [0.1, 0.15) is 25.6 Å². The number of aliphatic carboxylic acids is 1. The second kappa shape index (κ2) is 7.40. The quantitative estimate of drug-likeness (QED) is 0.679. The summed E-state index contributed by atoms with van der Waals surface area (Å²) >= 11 is 0. The predicted octanol–water partition coefficient (Wildman–Crippen LogP) is 0.720. The Bertz CT molecular complexity index is 430. The zero-order chi connectivity index (χ0) is 14.3. The first kappa shape index (κ1) is 15.0. The average Bonchev–Trinajstić information content (AvgIpc) is 2.77. The van der Waals surface area contributed by atoms with Crippen LogP contribution < -0.4 is 10.6 Å². The fourth-order valence-electron chi connectivity index (χ4n) is 1.63. The zero-order valence-electron chi connectivity index (χ0n) is 11.2. The van der Waals surface area contributed by atoms with Gasteiger partial charge in [-0.15, -0.1) is 0 Å². The van der Waals surface area contributed by atoms with E-state index >= 15 is 0 Å². The number of imidazole rings is 1. The van der Waals surface area contributed by atoms with E-state index < -0.39 is 5.97 Å². The van der Waals surface area contributed by atoms with Crippen LogP contribution in [-0.4, -0.2) is 33.2 Å². The number of aryl methyl sites for hydroxylation is 1. The van der Waals surface area contributed by atoms with Gasteiger partial charge in [0, 0.05) is 32.4 Å². The van der Waals surface area contributed by atoms with Crippen LogP contribution in [0.5, 0.6) is 0 Å². The largest absolute Gasteiger partial charge is 0.481 e. The van der Waals surface area contributed by atoms with Gasteiger partial charge in [0.15, 0.2) is 0 Å². The molecule has 3 N–H and O–H groups in total. The van der Waals surface area contributed by atoms with E-state index in [-0.39, 0.29) is 18.4 Å². The number of hydrogen-bond donors (Lipinski definition) is 3. The second-order valence-corrected chi connectivity index (χ2v) is 4.39. The standard InChI is InChI=1S/C12H20N4O3/c1-3-9(6-11(17)18)7-14-12(19)15-8-10-13-4-5-16(10)2/h4-5,9H,3,6-8H2,1-2H3,(H,17,18)(H2,14,15,19). The van der Waals surface area contributed by atoms with E-state index in [0.29, 0.717) is 19.5 Å². The Morgan fingerprint density at radius 3 is 2.74 bits per heavy atom. The van der Waals surface area contributed by atoms with Gasteiger partial charge in [-0.2, -0.15) is 0 Å². The molecular formula is C12H20N4O3. The molecule has 1 heterocycles. The van der Waals surface area contributed by atoms with Crippen molar-refractivity contribution in [2.24, 2.45) is 13.0 Å². The number of nitrogens with zero attached hydrogens (tertiary/aromatic N) is 2. The molecule has 0 aliphatic rings. The molecule has 0 aliphatic heterocycles. The van der Waals surface area contributed by atoms with Gasteiger partial charge >= 0.3 is 12.0 Å². The molecule has 0 saturated carbocycles. The van der Waals surface area contributed by atoms with Crippen molar-refractivity contribution in [1.29, 1.82) is 0 Å². The number of aromatic nitrogens is 2. The highest BCUT2D eigenvalue weighted by atomic mass is 16.4. The van der Waals surface area contributed by atoms with Gasteiger partial charge in [-0.3, -0.25) is 4.79 Å². The Kier molecular flexibility index (Phi) is 5.84. The van der Waals surface area contributed by atoms with Crippen LogP contribution in [0.2, 0.25) is 0 Å². The molecule has 0 bridgehead atoms. The van der Waals surface area contributed by atoms with Crippen LogP contribution in [0, 0.1) is 5.92 Å². The third-order valence-electron chi connectivity index (χ3n) is 2.92. The molecule has 2 amide bonds. The first-order chi connectivity index (χ1) is 9.02. The van der Waals surface area contributed by atoms with Crippen molar-refractivity contribution in [1.82, 2.24) is 20.2 Å². The van der Waals surface area contributed by atoms with Crippen LogP contribution in [0.3, 0.4) is 0 Å². The fourth-order valence-corrected chi connectivity index (χ4v) is 1.63. The Morgan fingerprint density at radius 2 is 2.21 bits per heavy atom. The maximum atomic E-state index is 11.5. The van der Waals surface area contributed by atoms with Crippen molar-refractivity contribution in [3.8, 4) is 0 Å². The molecule has 0 radical (unpaired) electrons. The molecule has 0 aromatic carbocycles. The molecule has 19 heavy (non-hydrogen) atoms. The van der Waals surface area contributed by atoms with Crippen molar-refractivity contribution in [3.05, 3.63) is 18.2 Å². The number of carboxylic acid groups (broad SMARTS) is 1. The Morgan fingerprint density at radius 1 is 1.47 bits per heavy atom. The topological polar surface area (TPSA) is 96.3 Å². The molecule has 0 saturated heterocycles. The van der Waals surface area contributed by atoms with E-state index in [1.807, 2.05) is 18.5 Å². The number of hydrogen-bond acceptors (Lipinski definition) is 3. The molecular weight excluding hydrogens is 248 g/mol. The van der Waals surface area contributed by atoms with Gasteiger partial charge in [-0.05, 0) is 5.92 Å². The maximum absolute atomic E-state index is 11.5. The number of urea groups is 1. The van der Waals surface area contributed by atoms with Crippen LogP contribution in [-0.2, 0) is 18.4 Å². The van der Waals surface area contributed by atoms with Crippen molar-refractivity contribution in [2.75, 3.05) is 6.54 Å². The summed E-state index contributed by atoms with van der Waals surface area (Å²) < 4.78 is 1.82. The molecule has 0 fully saturated rings. The van der Waals surface area contributed by atoms with E-state index in [9.17, 15) is 9.59 Å². The maximum Gasteiger partial charge on any atom is 0.315 e.